The number of fused-ring (bicyclic) bond motifs is 2. The Morgan fingerprint density at radius 1 is 1.23 bits per heavy atom. The molecule has 1 aromatic carbocycles. The summed E-state index contributed by atoms with van der Waals surface area (Å²) in [6.07, 6.45) is -0.662. The van der Waals surface area contributed by atoms with Crippen LogP contribution in [0.1, 0.15) is 0 Å². The molecule has 5 rings (SSSR count). The maximum absolute atomic E-state index is 15.1. The van der Waals surface area contributed by atoms with Crippen LogP contribution in [-0.4, -0.2) is 74.7 Å². The maximum Gasteiger partial charge on any atom is 0.281 e. The Bertz CT molecular complexity index is 1420. The number of hydrogen-bond acceptors (Lipinski definition) is 6. The molecule has 1 aliphatic rings. The Kier molecular flexibility index (Phi) is 5.49. The van der Waals surface area contributed by atoms with Crippen LogP contribution >= 0.6 is 0 Å². The van der Waals surface area contributed by atoms with Gasteiger partial charge in [0.15, 0.2) is 11.6 Å². The Hall–Kier alpha value is -3.55. The van der Waals surface area contributed by atoms with E-state index in [1.54, 1.807) is 7.05 Å². The number of halogens is 6. The summed E-state index contributed by atoms with van der Waals surface area (Å²) in [7, 11) is 2.80. The number of alkyl halides is 4. The van der Waals surface area contributed by atoms with E-state index in [4.69, 9.17) is 4.74 Å². The number of likely N-dealkylation sites (tertiary alicyclic amines) is 1. The number of anilines is 1. The van der Waals surface area contributed by atoms with Gasteiger partial charge in [-0.15, -0.1) is 5.10 Å². The summed E-state index contributed by atoms with van der Waals surface area (Å²) in [5.74, 6) is -5.08. The lowest BCUT2D eigenvalue weighted by atomic mass is 10.1. The Morgan fingerprint density at radius 3 is 2.66 bits per heavy atom. The van der Waals surface area contributed by atoms with E-state index in [0.29, 0.717) is 0 Å². The summed E-state index contributed by atoms with van der Waals surface area (Å²) in [6, 6.07) is 1.06. The summed E-state index contributed by atoms with van der Waals surface area (Å²) in [4.78, 5) is 9.38. The van der Waals surface area contributed by atoms with Gasteiger partial charge in [-0.25, -0.2) is 35.8 Å². The molecule has 8 nitrogen and oxygen atoms in total. The van der Waals surface area contributed by atoms with Gasteiger partial charge >= 0.3 is 0 Å². The van der Waals surface area contributed by atoms with E-state index in [1.807, 2.05) is 0 Å². The van der Waals surface area contributed by atoms with Crippen LogP contribution in [0.15, 0.2) is 24.7 Å². The monoisotopic (exact) mass is 499 g/mol. The predicted molar refractivity (Wildman–Crippen MR) is 114 cm³/mol. The minimum absolute atomic E-state index is 0.00419. The third kappa shape index (κ3) is 4.00. The molecule has 0 saturated carbocycles. The maximum atomic E-state index is 15.1. The molecule has 1 atom stereocenters. The Balaban J connectivity index is 1.62. The minimum atomic E-state index is -3.04. The van der Waals surface area contributed by atoms with E-state index >= 15 is 4.39 Å². The molecule has 0 spiro atoms. The first-order chi connectivity index (χ1) is 16.6. The number of nitrogens with one attached hydrogen (secondary N) is 1. The summed E-state index contributed by atoms with van der Waals surface area (Å²) in [5.41, 5.74) is -0.229. The summed E-state index contributed by atoms with van der Waals surface area (Å²) in [5, 5.41) is 6.66. The van der Waals surface area contributed by atoms with E-state index in [0.717, 1.165) is 27.7 Å². The van der Waals surface area contributed by atoms with E-state index in [2.05, 4.69) is 20.4 Å². The summed E-state index contributed by atoms with van der Waals surface area (Å²) in [6.45, 7) is -1.13. The number of hydrogen-bond donors (Lipinski definition) is 1. The number of likely N-dealkylation sites (N-methyl/N-ethyl adjacent to an activating group) is 1. The molecular formula is C21H19F6N7O. The van der Waals surface area contributed by atoms with Crippen molar-refractivity contribution in [3.05, 3.63) is 36.3 Å². The van der Waals surface area contributed by atoms with Crippen LogP contribution in [0.2, 0.25) is 0 Å². The highest BCUT2D eigenvalue weighted by atomic mass is 19.3. The average molecular weight is 499 g/mol. The smallest absolute Gasteiger partial charge is 0.281 e. The van der Waals surface area contributed by atoms with Gasteiger partial charge in [-0.05, 0) is 24.7 Å². The number of nitrogens with zero attached hydrogens (tertiary/aromatic N) is 6. The molecule has 0 bridgehead atoms. The zero-order valence-corrected chi connectivity index (χ0v) is 18.4. The molecule has 4 aromatic rings. The van der Waals surface area contributed by atoms with E-state index in [-0.39, 0.29) is 46.1 Å². The van der Waals surface area contributed by atoms with E-state index in [1.165, 1.54) is 18.1 Å². The van der Waals surface area contributed by atoms with Crippen molar-refractivity contribution in [2.45, 2.75) is 24.9 Å². The van der Waals surface area contributed by atoms with Gasteiger partial charge in [0.05, 0.1) is 43.8 Å². The Morgan fingerprint density at radius 2 is 2.00 bits per heavy atom. The van der Waals surface area contributed by atoms with Gasteiger partial charge < -0.3 is 14.6 Å². The topological polar surface area (TPSA) is 72.5 Å². The standard InChI is InChI=1S/C21H19F6N7O/c1-32-6-14(21(26,27)8-32)29-20-30-19(35-2)18-16(12(23)5-34(18)31-20)10-3-11(22)17-13(4-10)33(9-28-17)7-15(24)25/h3-5,9,14-15H,6-8H2,1-2H3,(H,29,31). The number of benzene rings is 1. The van der Waals surface area contributed by atoms with Gasteiger partial charge in [-0.3, -0.25) is 4.90 Å². The summed E-state index contributed by atoms with van der Waals surface area (Å²) < 4.78 is 91.6. The highest BCUT2D eigenvalue weighted by Crippen LogP contribution is 2.37. The normalized spacial score (nSPS) is 18.3. The number of aromatic nitrogens is 5. The van der Waals surface area contributed by atoms with Crippen molar-refractivity contribution >= 4 is 22.5 Å². The van der Waals surface area contributed by atoms with Crippen LogP contribution in [0.3, 0.4) is 0 Å². The first kappa shape index (κ1) is 23.2. The van der Waals surface area contributed by atoms with Crippen molar-refractivity contribution in [1.29, 1.82) is 0 Å². The first-order valence-electron chi connectivity index (χ1n) is 10.5. The fraction of sp³-hybridized carbons (Fsp3) is 0.381. The average Bonchev–Trinajstić information content (AvgIpc) is 3.39. The molecular weight excluding hydrogens is 480 g/mol. The largest absolute Gasteiger partial charge is 0.479 e. The van der Waals surface area contributed by atoms with Crippen molar-refractivity contribution in [2.75, 3.05) is 32.6 Å². The molecule has 35 heavy (non-hydrogen) atoms. The predicted octanol–water partition coefficient (Wildman–Crippen LogP) is 3.66. The van der Waals surface area contributed by atoms with Gasteiger partial charge in [0.25, 0.3) is 12.3 Å². The van der Waals surface area contributed by atoms with Crippen molar-refractivity contribution in [3.63, 3.8) is 0 Å². The van der Waals surface area contributed by atoms with Crippen LogP contribution in [0, 0.1) is 11.6 Å². The zero-order chi connectivity index (χ0) is 25.1. The number of methoxy groups -OCH3 is 1. The van der Waals surface area contributed by atoms with Crippen LogP contribution < -0.4 is 10.1 Å². The molecule has 1 unspecified atom stereocenters. The van der Waals surface area contributed by atoms with Gasteiger partial charge in [0, 0.05) is 6.54 Å². The molecule has 186 valence electrons. The van der Waals surface area contributed by atoms with Crippen molar-refractivity contribution in [3.8, 4) is 17.0 Å². The lowest BCUT2D eigenvalue weighted by Crippen LogP contribution is -2.38. The highest BCUT2D eigenvalue weighted by molar-refractivity contribution is 5.90. The number of ether oxygens (including phenoxy) is 1. The van der Waals surface area contributed by atoms with Crippen molar-refractivity contribution < 1.29 is 31.1 Å². The van der Waals surface area contributed by atoms with Gasteiger partial charge in [-0.2, -0.15) is 4.98 Å². The fourth-order valence-corrected chi connectivity index (χ4v) is 4.35. The molecule has 1 aliphatic heterocycles. The van der Waals surface area contributed by atoms with Gasteiger partial charge in [-0.1, -0.05) is 0 Å². The molecule has 1 fully saturated rings. The van der Waals surface area contributed by atoms with E-state index < -0.39 is 43.1 Å². The van der Waals surface area contributed by atoms with Crippen LogP contribution in [0.25, 0.3) is 27.7 Å². The van der Waals surface area contributed by atoms with E-state index in [9.17, 15) is 22.0 Å². The number of imidazole rings is 1. The lowest BCUT2D eigenvalue weighted by molar-refractivity contribution is 0.00582. The molecule has 3 aromatic heterocycles. The second kappa shape index (κ2) is 8.29. The first-order valence-corrected chi connectivity index (χ1v) is 10.5. The Labute approximate surface area is 194 Å². The molecule has 4 heterocycles. The van der Waals surface area contributed by atoms with Crippen molar-refractivity contribution in [1.82, 2.24) is 29.0 Å². The zero-order valence-electron chi connectivity index (χ0n) is 18.4. The van der Waals surface area contributed by atoms with Crippen LogP contribution in [-0.2, 0) is 6.54 Å². The third-order valence-electron chi connectivity index (χ3n) is 5.84. The SMILES string of the molecule is COc1nc(NC2CN(C)CC2(F)F)nn2cc(F)c(-c3cc(F)c4ncn(CC(F)F)c4c3)c12. The molecule has 0 radical (unpaired) electrons. The minimum Gasteiger partial charge on any atom is -0.479 e. The van der Waals surface area contributed by atoms with Crippen LogP contribution in [0.5, 0.6) is 5.88 Å². The second-order valence-electron chi connectivity index (χ2n) is 8.36. The quantitative estimate of drug-likeness (QED) is 0.409. The molecule has 0 aliphatic carbocycles. The fourth-order valence-electron chi connectivity index (χ4n) is 4.35. The third-order valence-corrected chi connectivity index (χ3v) is 5.84. The number of rotatable bonds is 6. The van der Waals surface area contributed by atoms with Crippen LogP contribution in [0.4, 0.5) is 32.3 Å². The molecule has 14 heteroatoms. The van der Waals surface area contributed by atoms with Crippen molar-refractivity contribution in [2.24, 2.45) is 0 Å². The summed E-state index contributed by atoms with van der Waals surface area (Å²) >= 11 is 0. The molecule has 1 saturated heterocycles. The van der Waals surface area contributed by atoms with Gasteiger partial charge in [0.2, 0.25) is 11.8 Å². The van der Waals surface area contributed by atoms with Gasteiger partial charge in [0.1, 0.15) is 17.1 Å². The molecule has 0 amide bonds. The highest BCUT2D eigenvalue weighted by Gasteiger charge is 2.47. The lowest BCUT2D eigenvalue weighted by Gasteiger charge is -2.19. The second-order valence-corrected chi connectivity index (χ2v) is 8.36. The molecule has 1 N–H and O–H groups in total.